The second-order valence-electron chi connectivity index (χ2n) is 7.57. The standard InChI is InChI=1S/C23H20N2O4/c1-23(2)11-10-17-12-19(20(25(27)28)14-21(17)29-23)24-22(26)13-16-8-5-7-15-6-3-4-9-18(15)16/h3-12,14H,13H2,1-2H3,(H,24,26). The molecule has 0 saturated carbocycles. The third-order valence-electron chi connectivity index (χ3n) is 4.87. The average Bonchev–Trinajstić information content (AvgIpc) is 2.67. The Morgan fingerprint density at radius 2 is 1.90 bits per heavy atom. The summed E-state index contributed by atoms with van der Waals surface area (Å²) in [7, 11) is 0. The maximum atomic E-state index is 12.7. The zero-order valence-electron chi connectivity index (χ0n) is 16.1. The minimum absolute atomic E-state index is 0.120. The topological polar surface area (TPSA) is 81.5 Å². The lowest BCUT2D eigenvalue weighted by atomic mass is 10.0. The second-order valence-corrected chi connectivity index (χ2v) is 7.57. The van der Waals surface area contributed by atoms with E-state index in [9.17, 15) is 14.9 Å². The summed E-state index contributed by atoms with van der Waals surface area (Å²) in [6, 6.07) is 16.5. The number of hydrogen-bond donors (Lipinski definition) is 1. The van der Waals surface area contributed by atoms with E-state index in [0.29, 0.717) is 11.3 Å². The molecule has 3 aromatic carbocycles. The first-order valence-corrected chi connectivity index (χ1v) is 9.29. The summed E-state index contributed by atoms with van der Waals surface area (Å²) in [5, 5.41) is 16.3. The van der Waals surface area contributed by atoms with Gasteiger partial charge < -0.3 is 10.1 Å². The molecular formula is C23H20N2O4. The van der Waals surface area contributed by atoms with E-state index in [2.05, 4.69) is 5.32 Å². The van der Waals surface area contributed by atoms with Crippen LogP contribution in [0.3, 0.4) is 0 Å². The molecule has 1 N–H and O–H groups in total. The van der Waals surface area contributed by atoms with Gasteiger partial charge in [-0.2, -0.15) is 0 Å². The summed E-state index contributed by atoms with van der Waals surface area (Å²) in [5.74, 6) is 0.113. The molecule has 29 heavy (non-hydrogen) atoms. The molecule has 0 atom stereocenters. The largest absolute Gasteiger partial charge is 0.483 e. The highest BCUT2D eigenvalue weighted by molar-refractivity contribution is 5.98. The number of anilines is 1. The molecule has 0 aliphatic carbocycles. The van der Waals surface area contributed by atoms with Gasteiger partial charge in [0.1, 0.15) is 17.0 Å². The normalized spacial score (nSPS) is 14.1. The molecule has 1 heterocycles. The lowest BCUT2D eigenvalue weighted by molar-refractivity contribution is -0.384. The number of fused-ring (bicyclic) bond motifs is 2. The quantitative estimate of drug-likeness (QED) is 0.497. The van der Waals surface area contributed by atoms with E-state index < -0.39 is 10.5 Å². The lowest BCUT2D eigenvalue weighted by Crippen LogP contribution is -2.27. The number of carbonyl (C=O) groups is 1. The average molecular weight is 388 g/mol. The van der Waals surface area contributed by atoms with E-state index in [1.807, 2.05) is 68.5 Å². The molecular weight excluding hydrogens is 368 g/mol. The number of nitrogens with zero attached hydrogens (tertiary/aromatic N) is 1. The van der Waals surface area contributed by atoms with Crippen molar-refractivity contribution in [2.45, 2.75) is 25.9 Å². The zero-order valence-corrected chi connectivity index (χ0v) is 16.1. The fourth-order valence-electron chi connectivity index (χ4n) is 3.48. The Bertz CT molecular complexity index is 1160. The highest BCUT2D eigenvalue weighted by Gasteiger charge is 2.26. The molecule has 0 spiro atoms. The number of rotatable bonds is 4. The van der Waals surface area contributed by atoms with Crippen LogP contribution in [0.5, 0.6) is 5.75 Å². The number of hydrogen-bond acceptors (Lipinski definition) is 4. The summed E-state index contributed by atoms with van der Waals surface area (Å²) >= 11 is 0. The minimum Gasteiger partial charge on any atom is -0.483 e. The molecule has 6 nitrogen and oxygen atoms in total. The fourth-order valence-corrected chi connectivity index (χ4v) is 3.48. The van der Waals surface area contributed by atoms with Crippen molar-refractivity contribution in [3.63, 3.8) is 0 Å². The molecule has 1 aliphatic rings. The Labute approximate surface area is 168 Å². The predicted molar refractivity (Wildman–Crippen MR) is 113 cm³/mol. The first-order valence-electron chi connectivity index (χ1n) is 9.29. The molecule has 6 heteroatoms. The summed E-state index contributed by atoms with van der Waals surface area (Å²) in [6.45, 7) is 3.75. The van der Waals surface area contributed by atoms with Crippen LogP contribution in [0.4, 0.5) is 11.4 Å². The van der Waals surface area contributed by atoms with Crippen LogP contribution >= 0.6 is 0 Å². The number of nitro benzene ring substituents is 1. The Morgan fingerprint density at radius 3 is 2.69 bits per heavy atom. The first kappa shape index (κ1) is 18.7. The number of nitro groups is 1. The summed E-state index contributed by atoms with van der Waals surface area (Å²) in [6.07, 6.45) is 3.85. The minimum atomic E-state index is -0.542. The van der Waals surface area contributed by atoms with Gasteiger partial charge in [0.25, 0.3) is 5.69 Å². The zero-order chi connectivity index (χ0) is 20.6. The van der Waals surface area contributed by atoms with Crippen LogP contribution in [0.2, 0.25) is 0 Å². The maximum absolute atomic E-state index is 12.7. The van der Waals surface area contributed by atoms with Crippen molar-refractivity contribution < 1.29 is 14.5 Å². The van der Waals surface area contributed by atoms with Crippen LogP contribution in [0.25, 0.3) is 16.8 Å². The van der Waals surface area contributed by atoms with E-state index in [1.54, 1.807) is 6.07 Å². The number of carbonyl (C=O) groups excluding carboxylic acids is 1. The predicted octanol–water partition coefficient (Wildman–Crippen LogP) is 5.11. The van der Waals surface area contributed by atoms with Crippen molar-refractivity contribution in [2.75, 3.05) is 5.32 Å². The third-order valence-corrected chi connectivity index (χ3v) is 4.87. The molecule has 1 amide bonds. The van der Waals surface area contributed by atoms with Gasteiger partial charge >= 0.3 is 0 Å². The molecule has 0 unspecified atom stereocenters. The van der Waals surface area contributed by atoms with Crippen molar-refractivity contribution in [1.82, 2.24) is 0 Å². The molecule has 0 fully saturated rings. The first-order chi connectivity index (χ1) is 13.8. The SMILES string of the molecule is CC1(C)C=Cc2cc(NC(=O)Cc3cccc4ccccc34)c([N+](=O)[O-])cc2O1. The monoisotopic (exact) mass is 388 g/mol. The van der Waals surface area contributed by atoms with Gasteiger partial charge in [-0.25, -0.2) is 0 Å². The lowest BCUT2D eigenvalue weighted by Gasteiger charge is -2.28. The molecule has 0 saturated heterocycles. The summed E-state index contributed by atoms with van der Waals surface area (Å²) in [4.78, 5) is 23.7. The molecule has 0 radical (unpaired) electrons. The van der Waals surface area contributed by atoms with Crippen molar-refractivity contribution in [3.8, 4) is 5.75 Å². The van der Waals surface area contributed by atoms with Crippen LogP contribution in [0, 0.1) is 10.1 Å². The molecule has 3 aromatic rings. The summed E-state index contributed by atoms with van der Waals surface area (Å²) < 4.78 is 5.81. The fraction of sp³-hybridized carbons (Fsp3) is 0.174. The van der Waals surface area contributed by atoms with Crippen molar-refractivity contribution in [2.24, 2.45) is 0 Å². The Kier molecular flexibility index (Phi) is 4.54. The molecule has 1 aliphatic heterocycles. The van der Waals surface area contributed by atoms with E-state index >= 15 is 0 Å². The van der Waals surface area contributed by atoms with E-state index in [1.165, 1.54) is 6.07 Å². The molecule has 0 aromatic heterocycles. The highest BCUT2D eigenvalue weighted by atomic mass is 16.6. The Balaban J connectivity index is 1.63. The smallest absolute Gasteiger partial charge is 0.296 e. The molecule has 0 bridgehead atoms. The highest BCUT2D eigenvalue weighted by Crippen LogP contribution is 2.38. The van der Waals surface area contributed by atoms with Gasteiger partial charge in [-0.1, -0.05) is 48.5 Å². The number of nitrogens with one attached hydrogen (secondary N) is 1. The van der Waals surface area contributed by atoms with Gasteiger partial charge in [-0.05, 0) is 42.3 Å². The number of amides is 1. The van der Waals surface area contributed by atoms with Gasteiger partial charge in [0, 0.05) is 5.56 Å². The van der Waals surface area contributed by atoms with Gasteiger partial charge in [-0.15, -0.1) is 0 Å². The van der Waals surface area contributed by atoms with Crippen LogP contribution in [-0.2, 0) is 11.2 Å². The van der Waals surface area contributed by atoms with Gasteiger partial charge in [0.05, 0.1) is 17.4 Å². The van der Waals surface area contributed by atoms with E-state index in [4.69, 9.17) is 4.74 Å². The molecule has 4 rings (SSSR count). The maximum Gasteiger partial charge on any atom is 0.296 e. The van der Waals surface area contributed by atoms with Gasteiger partial charge in [0.15, 0.2) is 0 Å². The van der Waals surface area contributed by atoms with E-state index in [-0.39, 0.29) is 23.7 Å². The Morgan fingerprint density at radius 1 is 1.14 bits per heavy atom. The van der Waals surface area contributed by atoms with Crippen LogP contribution < -0.4 is 10.1 Å². The van der Waals surface area contributed by atoms with Gasteiger partial charge in [0.2, 0.25) is 5.91 Å². The second kappa shape index (κ2) is 7.05. The van der Waals surface area contributed by atoms with Crippen molar-refractivity contribution >= 4 is 34.1 Å². The third kappa shape index (κ3) is 3.82. The van der Waals surface area contributed by atoms with Crippen LogP contribution in [-0.4, -0.2) is 16.4 Å². The van der Waals surface area contributed by atoms with Gasteiger partial charge in [-0.3, -0.25) is 14.9 Å². The molecule has 146 valence electrons. The van der Waals surface area contributed by atoms with E-state index in [0.717, 1.165) is 16.3 Å². The Hall–Kier alpha value is -3.67. The summed E-state index contributed by atoms with van der Waals surface area (Å²) in [5.41, 5.74) is 0.981. The number of benzene rings is 3. The number of ether oxygens (including phenoxy) is 1. The van der Waals surface area contributed by atoms with Crippen LogP contribution in [0.1, 0.15) is 25.0 Å². The van der Waals surface area contributed by atoms with Crippen molar-refractivity contribution in [1.29, 1.82) is 0 Å². The van der Waals surface area contributed by atoms with Crippen LogP contribution in [0.15, 0.2) is 60.7 Å². The van der Waals surface area contributed by atoms with Crippen molar-refractivity contribution in [3.05, 3.63) is 81.9 Å².